The third-order valence-electron chi connectivity index (χ3n) is 2.36. The van der Waals surface area contributed by atoms with Crippen LogP contribution in [0.3, 0.4) is 0 Å². The minimum atomic E-state index is -1.28. The third kappa shape index (κ3) is 5.50. The molecular weight excluding hydrogens is 212 g/mol. The van der Waals surface area contributed by atoms with Crippen molar-refractivity contribution in [1.82, 2.24) is 0 Å². The van der Waals surface area contributed by atoms with Gasteiger partial charge in [0.05, 0.1) is 12.0 Å². The summed E-state index contributed by atoms with van der Waals surface area (Å²) in [6, 6.07) is 0. The standard InChI is InChI=1S/C11H18O5/c1-7(12)5-3-4-6-9(11(15)16)8(2)10(13)14/h7,9,12H,2-6H2,1H3,(H,13,14)(H,15,16)/t7-,9+/m1/s1. The van der Waals surface area contributed by atoms with Gasteiger partial charge in [0.25, 0.3) is 0 Å². The molecule has 0 saturated heterocycles. The number of aliphatic hydroxyl groups is 1. The van der Waals surface area contributed by atoms with Crippen LogP contribution in [0.25, 0.3) is 0 Å². The van der Waals surface area contributed by atoms with Crippen molar-refractivity contribution in [2.45, 2.75) is 38.7 Å². The maximum Gasteiger partial charge on any atom is 0.331 e. The largest absolute Gasteiger partial charge is 0.481 e. The van der Waals surface area contributed by atoms with E-state index in [-0.39, 0.29) is 12.0 Å². The number of unbranched alkanes of at least 4 members (excludes halogenated alkanes) is 1. The molecule has 2 atom stereocenters. The number of rotatable bonds is 8. The first kappa shape index (κ1) is 14.6. The fourth-order valence-electron chi connectivity index (χ4n) is 1.38. The van der Waals surface area contributed by atoms with Crippen molar-refractivity contribution >= 4 is 11.9 Å². The van der Waals surface area contributed by atoms with Gasteiger partial charge in [0.1, 0.15) is 0 Å². The molecule has 0 aliphatic heterocycles. The van der Waals surface area contributed by atoms with Gasteiger partial charge in [-0.2, -0.15) is 0 Å². The highest BCUT2D eigenvalue weighted by Crippen LogP contribution is 2.18. The van der Waals surface area contributed by atoms with Crippen LogP contribution in [0.5, 0.6) is 0 Å². The molecule has 0 aliphatic rings. The lowest BCUT2D eigenvalue weighted by molar-refractivity contribution is -0.144. The lowest BCUT2D eigenvalue weighted by Crippen LogP contribution is -2.20. The number of carboxylic acid groups (broad SMARTS) is 2. The number of carbonyl (C=O) groups is 2. The Morgan fingerprint density at radius 3 is 2.06 bits per heavy atom. The zero-order valence-corrected chi connectivity index (χ0v) is 9.35. The molecule has 0 radical (unpaired) electrons. The Morgan fingerprint density at radius 1 is 1.19 bits per heavy atom. The molecule has 0 amide bonds. The topological polar surface area (TPSA) is 94.8 Å². The van der Waals surface area contributed by atoms with E-state index in [1.54, 1.807) is 6.92 Å². The first-order chi connectivity index (χ1) is 7.36. The predicted octanol–water partition coefficient (Wildman–Crippen LogP) is 1.27. The van der Waals surface area contributed by atoms with E-state index < -0.39 is 24.0 Å². The van der Waals surface area contributed by atoms with Crippen LogP contribution in [0.2, 0.25) is 0 Å². The Balaban J connectivity index is 4.11. The fourth-order valence-corrected chi connectivity index (χ4v) is 1.38. The maximum atomic E-state index is 10.8. The van der Waals surface area contributed by atoms with Crippen LogP contribution in [0.1, 0.15) is 32.6 Å². The zero-order valence-electron chi connectivity index (χ0n) is 9.35. The Bertz CT molecular complexity index is 270. The first-order valence-corrected chi connectivity index (χ1v) is 5.19. The summed E-state index contributed by atoms with van der Waals surface area (Å²) in [6.07, 6.45) is 1.66. The van der Waals surface area contributed by atoms with Gasteiger partial charge in [0.15, 0.2) is 0 Å². The number of hydrogen-bond donors (Lipinski definition) is 3. The highest BCUT2D eigenvalue weighted by molar-refractivity contribution is 5.93. The summed E-state index contributed by atoms with van der Waals surface area (Å²) in [4.78, 5) is 21.4. The second-order valence-corrected chi connectivity index (χ2v) is 3.85. The molecule has 0 aromatic carbocycles. The molecule has 5 heteroatoms. The summed E-state index contributed by atoms with van der Waals surface area (Å²) in [6.45, 7) is 4.92. The minimum absolute atomic E-state index is 0.243. The van der Waals surface area contributed by atoms with Gasteiger partial charge in [-0.3, -0.25) is 4.79 Å². The average molecular weight is 230 g/mol. The van der Waals surface area contributed by atoms with Crippen LogP contribution in [0.15, 0.2) is 12.2 Å². The van der Waals surface area contributed by atoms with Crippen LogP contribution in [-0.4, -0.2) is 33.4 Å². The van der Waals surface area contributed by atoms with Crippen molar-refractivity contribution in [1.29, 1.82) is 0 Å². The predicted molar refractivity (Wildman–Crippen MR) is 58.1 cm³/mol. The molecule has 0 bridgehead atoms. The lowest BCUT2D eigenvalue weighted by atomic mass is 9.94. The molecule has 5 nitrogen and oxygen atoms in total. The van der Waals surface area contributed by atoms with E-state index in [1.165, 1.54) is 0 Å². The van der Waals surface area contributed by atoms with Gasteiger partial charge < -0.3 is 15.3 Å². The van der Waals surface area contributed by atoms with Gasteiger partial charge in [-0.1, -0.05) is 19.4 Å². The Morgan fingerprint density at radius 2 is 1.69 bits per heavy atom. The minimum Gasteiger partial charge on any atom is -0.481 e. The first-order valence-electron chi connectivity index (χ1n) is 5.19. The fraction of sp³-hybridized carbons (Fsp3) is 0.636. The van der Waals surface area contributed by atoms with Crippen molar-refractivity contribution in [3.8, 4) is 0 Å². The highest BCUT2D eigenvalue weighted by atomic mass is 16.4. The van der Waals surface area contributed by atoms with Gasteiger partial charge in [-0.25, -0.2) is 4.79 Å². The van der Waals surface area contributed by atoms with Crippen molar-refractivity contribution in [3.05, 3.63) is 12.2 Å². The third-order valence-corrected chi connectivity index (χ3v) is 2.36. The normalized spacial score (nSPS) is 14.1. The van der Waals surface area contributed by atoms with Crippen molar-refractivity contribution in [2.75, 3.05) is 0 Å². The van der Waals surface area contributed by atoms with Crippen LogP contribution < -0.4 is 0 Å². The SMILES string of the molecule is C=C(C(=O)O)[C@H](CCCC[C@@H](C)O)C(=O)O. The average Bonchev–Trinajstić information content (AvgIpc) is 2.15. The lowest BCUT2D eigenvalue weighted by Gasteiger charge is -2.12. The number of hydrogen-bond acceptors (Lipinski definition) is 3. The quantitative estimate of drug-likeness (QED) is 0.431. The van der Waals surface area contributed by atoms with Crippen LogP contribution in [-0.2, 0) is 9.59 Å². The van der Waals surface area contributed by atoms with Gasteiger partial charge >= 0.3 is 11.9 Å². The van der Waals surface area contributed by atoms with Gasteiger partial charge in [-0.15, -0.1) is 0 Å². The van der Waals surface area contributed by atoms with Crippen molar-refractivity contribution in [3.63, 3.8) is 0 Å². The molecule has 16 heavy (non-hydrogen) atoms. The monoisotopic (exact) mass is 230 g/mol. The molecule has 0 fully saturated rings. The molecule has 92 valence electrons. The molecule has 0 unspecified atom stereocenters. The van der Waals surface area contributed by atoms with Crippen LogP contribution in [0.4, 0.5) is 0 Å². The molecule has 0 heterocycles. The smallest absolute Gasteiger partial charge is 0.331 e. The van der Waals surface area contributed by atoms with E-state index in [1.807, 2.05) is 0 Å². The van der Waals surface area contributed by atoms with E-state index in [4.69, 9.17) is 15.3 Å². The zero-order chi connectivity index (χ0) is 12.7. The molecular formula is C11H18O5. The van der Waals surface area contributed by atoms with E-state index in [0.29, 0.717) is 19.3 Å². The van der Waals surface area contributed by atoms with E-state index >= 15 is 0 Å². The van der Waals surface area contributed by atoms with E-state index in [9.17, 15) is 9.59 Å². The highest BCUT2D eigenvalue weighted by Gasteiger charge is 2.24. The summed E-state index contributed by atoms with van der Waals surface area (Å²) in [5, 5.41) is 26.5. The van der Waals surface area contributed by atoms with Crippen LogP contribution in [0, 0.1) is 5.92 Å². The summed E-state index contributed by atoms with van der Waals surface area (Å²) < 4.78 is 0. The molecule has 0 rings (SSSR count). The molecule has 0 aromatic heterocycles. The Kier molecular flexibility index (Phi) is 6.41. The molecule has 0 aliphatic carbocycles. The molecule has 0 aromatic rings. The van der Waals surface area contributed by atoms with Crippen molar-refractivity contribution in [2.24, 2.45) is 5.92 Å². The van der Waals surface area contributed by atoms with E-state index in [0.717, 1.165) is 0 Å². The molecule has 0 spiro atoms. The number of aliphatic hydroxyl groups excluding tert-OH is 1. The van der Waals surface area contributed by atoms with E-state index in [2.05, 4.69) is 6.58 Å². The summed E-state index contributed by atoms with van der Waals surface area (Å²) in [7, 11) is 0. The second kappa shape index (κ2) is 7.00. The van der Waals surface area contributed by atoms with Crippen molar-refractivity contribution < 1.29 is 24.9 Å². The van der Waals surface area contributed by atoms with Crippen LogP contribution >= 0.6 is 0 Å². The number of carboxylic acids is 2. The van der Waals surface area contributed by atoms with Gasteiger partial charge in [0.2, 0.25) is 0 Å². The Labute approximate surface area is 94.4 Å². The molecule has 0 saturated carbocycles. The van der Waals surface area contributed by atoms with Gasteiger partial charge in [0, 0.05) is 5.57 Å². The van der Waals surface area contributed by atoms with Gasteiger partial charge in [-0.05, 0) is 19.8 Å². The number of aliphatic carboxylic acids is 2. The molecule has 3 N–H and O–H groups in total. The summed E-state index contributed by atoms with van der Waals surface area (Å²) >= 11 is 0. The Hall–Kier alpha value is -1.36. The summed E-state index contributed by atoms with van der Waals surface area (Å²) in [5.41, 5.74) is -0.287. The summed E-state index contributed by atoms with van der Waals surface area (Å²) in [5.74, 6) is -3.47. The second-order valence-electron chi connectivity index (χ2n) is 3.85. The maximum absolute atomic E-state index is 10.8.